The standard InChI is InChI=1S/C9H9F11/c1-4(2,10)6(13,14)8(17,18)9(19,20)7(15,16)5(3,11)12/h1-3H3. The number of hydrogen-bond donors (Lipinski definition) is 0. The molecule has 0 unspecified atom stereocenters. The second-order valence-electron chi connectivity index (χ2n) is 4.66. The maximum Gasteiger partial charge on any atom is 0.384 e. The molecule has 0 rings (SSSR count). The molecule has 0 aromatic carbocycles. The molecule has 0 spiro atoms. The summed E-state index contributed by atoms with van der Waals surface area (Å²) in [5.74, 6) is -33.1. The molecule has 0 N–H and O–H groups in total. The van der Waals surface area contributed by atoms with Crippen LogP contribution in [-0.4, -0.2) is 35.3 Å². The Morgan fingerprint density at radius 2 is 0.650 bits per heavy atom. The molecule has 0 aliphatic rings. The van der Waals surface area contributed by atoms with Gasteiger partial charge in [-0.3, -0.25) is 0 Å². The zero-order chi connectivity index (χ0) is 17.0. The van der Waals surface area contributed by atoms with Crippen molar-refractivity contribution in [1.82, 2.24) is 0 Å². The molecule has 0 amide bonds. The summed E-state index contributed by atoms with van der Waals surface area (Å²) in [5, 5.41) is 0. The lowest BCUT2D eigenvalue weighted by atomic mass is 9.88. The second kappa shape index (κ2) is 4.36. The molecule has 20 heavy (non-hydrogen) atoms. The van der Waals surface area contributed by atoms with E-state index in [0.29, 0.717) is 0 Å². The highest BCUT2D eigenvalue weighted by Gasteiger charge is 2.87. The summed E-state index contributed by atoms with van der Waals surface area (Å²) >= 11 is 0. The summed E-state index contributed by atoms with van der Waals surface area (Å²) < 4.78 is 140. The summed E-state index contributed by atoms with van der Waals surface area (Å²) in [6.07, 6.45) is 0. The summed E-state index contributed by atoms with van der Waals surface area (Å²) in [7, 11) is 0. The first kappa shape index (κ1) is 19.2. The zero-order valence-electron chi connectivity index (χ0n) is 10.2. The Morgan fingerprint density at radius 1 is 0.400 bits per heavy atom. The maximum atomic E-state index is 12.9. The molecule has 0 aliphatic carbocycles. The summed E-state index contributed by atoms with van der Waals surface area (Å²) in [5.41, 5.74) is -4.36. The maximum absolute atomic E-state index is 12.9. The van der Waals surface area contributed by atoms with E-state index in [9.17, 15) is 48.3 Å². The van der Waals surface area contributed by atoms with Crippen LogP contribution in [0.15, 0.2) is 0 Å². The van der Waals surface area contributed by atoms with E-state index in [4.69, 9.17) is 0 Å². The molecule has 0 aliphatic heterocycles. The van der Waals surface area contributed by atoms with Gasteiger partial charge in [0.1, 0.15) is 0 Å². The normalized spacial score (nSPS) is 16.5. The van der Waals surface area contributed by atoms with Crippen molar-refractivity contribution in [1.29, 1.82) is 0 Å². The predicted octanol–water partition coefficient (Wildman–Crippen LogP) is 4.93. The van der Waals surface area contributed by atoms with Crippen LogP contribution in [0.2, 0.25) is 0 Å². The van der Waals surface area contributed by atoms with Gasteiger partial charge in [-0.15, -0.1) is 0 Å². The highest BCUT2D eigenvalue weighted by atomic mass is 19.4. The minimum absolute atomic E-state index is 0.279. The van der Waals surface area contributed by atoms with Gasteiger partial charge in [0.15, 0.2) is 5.67 Å². The van der Waals surface area contributed by atoms with Crippen molar-refractivity contribution in [2.24, 2.45) is 0 Å². The van der Waals surface area contributed by atoms with Crippen molar-refractivity contribution in [2.45, 2.75) is 56.1 Å². The molecule has 0 bridgehead atoms. The third-order valence-electron chi connectivity index (χ3n) is 2.48. The third-order valence-corrected chi connectivity index (χ3v) is 2.48. The van der Waals surface area contributed by atoms with Gasteiger partial charge in [-0.25, -0.2) is 4.39 Å². The first-order valence-corrected chi connectivity index (χ1v) is 4.83. The lowest BCUT2D eigenvalue weighted by molar-refractivity contribution is -0.411. The highest BCUT2D eigenvalue weighted by Crippen LogP contribution is 2.59. The van der Waals surface area contributed by atoms with Gasteiger partial charge >= 0.3 is 29.6 Å². The van der Waals surface area contributed by atoms with Crippen molar-refractivity contribution < 1.29 is 48.3 Å². The van der Waals surface area contributed by atoms with Crippen molar-refractivity contribution in [3.63, 3.8) is 0 Å². The fourth-order valence-corrected chi connectivity index (χ4v) is 1.04. The highest BCUT2D eigenvalue weighted by molar-refractivity contribution is 5.11. The Hall–Kier alpha value is -0.770. The molecule has 0 nitrogen and oxygen atoms in total. The summed E-state index contributed by atoms with van der Waals surface area (Å²) in [6, 6.07) is 0. The van der Waals surface area contributed by atoms with Crippen molar-refractivity contribution >= 4 is 0 Å². The zero-order valence-corrected chi connectivity index (χ0v) is 10.2. The molecule has 0 radical (unpaired) electrons. The van der Waals surface area contributed by atoms with Gasteiger partial charge in [-0.2, -0.15) is 43.9 Å². The minimum Gasteiger partial charge on any atom is -0.238 e. The van der Waals surface area contributed by atoms with E-state index in [0.717, 1.165) is 0 Å². The molecule has 0 saturated carbocycles. The Kier molecular flexibility index (Phi) is 4.19. The summed E-state index contributed by atoms with van der Waals surface area (Å²) in [4.78, 5) is 0. The van der Waals surface area contributed by atoms with Crippen molar-refractivity contribution in [2.75, 3.05) is 0 Å². The Labute approximate surface area is 105 Å². The minimum atomic E-state index is -7.19. The number of rotatable bonds is 5. The fourth-order valence-electron chi connectivity index (χ4n) is 1.04. The van der Waals surface area contributed by atoms with Crippen LogP contribution in [0.1, 0.15) is 20.8 Å². The molecular formula is C9H9F11. The van der Waals surface area contributed by atoms with Gasteiger partial charge in [0.2, 0.25) is 0 Å². The second-order valence-corrected chi connectivity index (χ2v) is 4.66. The van der Waals surface area contributed by atoms with E-state index in [1.165, 1.54) is 0 Å². The molecule has 122 valence electrons. The van der Waals surface area contributed by atoms with Crippen LogP contribution in [0.5, 0.6) is 0 Å². The smallest absolute Gasteiger partial charge is 0.238 e. The average molecular weight is 326 g/mol. The van der Waals surface area contributed by atoms with Crippen LogP contribution in [-0.2, 0) is 0 Å². The molecule has 0 saturated heterocycles. The molecule has 0 fully saturated rings. The van der Waals surface area contributed by atoms with Gasteiger partial charge < -0.3 is 0 Å². The average Bonchev–Trinajstić information content (AvgIpc) is 2.12. The predicted molar refractivity (Wildman–Crippen MR) is 45.6 cm³/mol. The summed E-state index contributed by atoms with van der Waals surface area (Å²) in [6.45, 7) is -1.41. The van der Waals surface area contributed by atoms with E-state index < -0.39 is 42.2 Å². The number of alkyl halides is 11. The molecule has 0 heterocycles. The van der Waals surface area contributed by atoms with Gasteiger partial charge in [0, 0.05) is 6.92 Å². The molecular weight excluding hydrogens is 317 g/mol. The van der Waals surface area contributed by atoms with Crippen LogP contribution in [0.25, 0.3) is 0 Å². The van der Waals surface area contributed by atoms with Crippen LogP contribution in [0.3, 0.4) is 0 Å². The van der Waals surface area contributed by atoms with Gasteiger partial charge in [-0.1, -0.05) is 0 Å². The first-order valence-electron chi connectivity index (χ1n) is 4.83. The van der Waals surface area contributed by atoms with Crippen LogP contribution in [0, 0.1) is 0 Å². The van der Waals surface area contributed by atoms with Crippen molar-refractivity contribution in [3.8, 4) is 0 Å². The largest absolute Gasteiger partial charge is 0.384 e. The van der Waals surface area contributed by atoms with E-state index in [-0.39, 0.29) is 13.8 Å². The third kappa shape index (κ3) is 2.32. The lowest BCUT2D eigenvalue weighted by Gasteiger charge is -2.41. The van der Waals surface area contributed by atoms with E-state index in [1.807, 2.05) is 0 Å². The van der Waals surface area contributed by atoms with Crippen LogP contribution >= 0.6 is 0 Å². The SMILES string of the molecule is CC(C)(F)C(F)(F)C(F)(F)C(F)(F)C(F)(F)C(C)(F)F. The molecule has 11 heteroatoms. The van der Waals surface area contributed by atoms with Crippen LogP contribution < -0.4 is 0 Å². The lowest BCUT2D eigenvalue weighted by Crippen LogP contribution is -2.70. The Morgan fingerprint density at radius 3 is 0.850 bits per heavy atom. The Bertz CT molecular complexity index is 321. The first-order chi connectivity index (χ1) is 8.25. The van der Waals surface area contributed by atoms with Crippen molar-refractivity contribution in [3.05, 3.63) is 0 Å². The van der Waals surface area contributed by atoms with E-state index in [2.05, 4.69) is 0 Å². The van der Waals surface area contributed by atoms with Gasteiger partial charge in [0.25, 0.3) is 0 Å². The number of hydrogen-bond acceptors (Lipinski definition) is 0. The Balaban J connectivity index is 6.08. The van der Waals surface area contributed by atoms with E-state index in [1.54, 1.807) is 0 Å². The molecule has 0 aromatic rings. The topological polar surface area (TPSA) is 0 Å². The monoisotopic (exact) mass is 326 g/mol. The molecule has 0 aromatic heterocycles. The van der Waals surface area contributed by atoms with Crippen LogP contribution in [0.4, 0.5) is 48.3 Å². The van der Waals surface area contributed by atoms with Gasteiger partial charge in [-0.05, 0) is 13.8 Å². The van der Waals surface area contributed by atoms with Gasteiger partial charge in [0.05, 0.1) is 0 Å². The number of halogens is 11. The fraction of sp³-hybridized carbons (Fsp3) is 1.00. The molecule has 0 atom stereocenters. The van der Waals surface area contributed by atoms with E-state index >= 15 is 0 Å². The quantitative estimate of drug-likeness (QED) is 0.629.